The Morgan fingerprint density at radius 3 is 2.73 bits per heavy atom. The van der Waals surface area contributed by atoms with Gasteiger partial charge in [0.05, 0.1) is 31.9 Å². The molecule has 0 aliphatic carbocycles. The molecule has 9 heteroatoms. The number of alkyl halides is 3. The Kier molecular flexibility index (Phi) is 4.86. The predicted octanol–water partition coefficient (Wildman–Crippen LogP) is 2.53. The number of rotatable bonds is 2. The van der Waals surface area contributed by atoms with E-state index < -0.39 is 28.5 Å². The van der Waals surface area contributed by atoms with E-state index in [0.717, 1.165) is 17.4 Å². The molecular weight excluding hydrogens is 337 g/mol. The molecule has 1 unspecified atom stereocenters. The lowest BCUT2D eigenvalue weighted by molar-refractivity contribution is -0.0861. The molecule has 120 valence electrons. The topological polar surface area (TPSA) is 58.5 Å². The summed E-state index contributed by atoms with van der Waals surface area (Å²) in [5.74, 6) is -0.176. The molecule has 0 saturated carbocycles. The molecule has 2 heterocycles. The molecule has 0 fully saturated rings. The number of hydrogen-bond acceptors (Lipinski definition) is 4. The molecule has 4 nitrogen and oxygen atoms in total. The van der Waals surface area contributed by atoms with Gasteiger partial charge in [0.25, 0.3) is 5.91 Å². The zero-order valence-electron chi connectivity index (χ0n) is 11.8. The van der Waals surface area contributed by atoms with Crippen molar-refractivity contribution in [2.75, 3.05) is 19.3 Å². The molecule has 1 aromatic heterocycles. The first-order chi connectivity index (χ1) is 10.3. The van der Waals surface area contributed by atoms with E-state index in [9.17, 15) is 22.2 Å². The summed E-state index contributed by atoms with van der Waals surface area (Å²) in [7, 11) is -0.159. The predicted molar refractivity (Wildman–Crippen MR) is 80.2 cm³/mol. The van der Waals surface area contributed by atoms with Gasteiger partial charge in [-0.05, 0) is 13.0 Å². The largest absolute Gasteiger partial charge is 0.418 e. The van der Waals surface area contributed by atoms with Crippen LogP contribution in [0.25, 0.3) is 0 Å². The number of aliphatic imine (C=N–C) groups is 1. The van der Waals surface area contributed by atoms with Crippen molar-refractivity contribution in [1.29, 1.82) is 0 Å². The second-order valence-corrected chi connectivity index (χ2v) is 6.97. The van der Waals surface area contributed by atoms with Crippen molar-refractivity contribution >= 4 is 33.8 Å². The minimum Gasteiger partial charge on any atom is -0.350 e. The number of carbonyl (C=O) groups excluding carboxylic acids is 1. The van der Waals surface area contributed by atoms with Crippen molar-refractivity contribution in [3.05, 3.63) is 27.5 Å². The fourth-order valence-corrected chi connectivity index (χ4v) is 4.62. The van der Waals surface area contributed by atoms with E-state index >= 15 is 0 Å². The first kappa shape index (κ1) is 16.9. The van der Waals surface area contributed by atoms with Crippen LogP contribution in [0, 0.1) is 0 Å². The number of carbonyl (C=O) groups is 1. The van der Waals surface area contributed by atoms with Crippen LogP contribution in [-0.2, 0) is 10.8 Å². The first-order valence-corrected chi connectivity index (χ1v) is 8.44. The summed E-state index contributed by atoms with van der Waals surface area (Å²) in [5, 5.41) is 2.58. The molecule has 1 aromatic rings. The molecule has 0 radical (unpaired) electrons. The van der Waals surface area contributed by atoms with Gasteiger partial charge in [0.1, 0.15) is 4.88 Å². The number of amides is 1. The Bertz CT molecular complexity index is 656. The van der Waals surface area contributed by atoms with Gasteiger partial charge in [-0.1, -0.05) is 6.08 Å². The molecule has 0 bridgehead atoms. The van der Waals surface area contributed by atoms with Crippen LogP contribution in [0.5, 0.6) is 0 Å². The Labute approximate surface area is 131 Å². The lowest BCUT2D eigenvalue weighted by Gasteiger charge is -2.12. The Morgan fingerprint density at radius 2 is 2.18 bits per heavy atom. The minimum absolute atomic E-state index is 0.184. The van der Waals surface area contributed by atoms with E-state index in [1.807, 2.05) is 0 Å². The van der Waals surface area contributed by atoms with E-state index in [4.69, 9.17) is 0 Å². The lowest BCUT2D eigenvalue weighted by atomic mass is 10.1. The molecule has 1 amide bonds. The second-order valence-electron chi connectivity index (χ2n) is 4.38. The van der Waals surface area contributed by atoms with Crippen molar-refractivity contribution in [3.63, 3.8) is 0 Å². The van der Waals surface area contributed by atoms with Gasteiger partial charge in [-0.25, -0.2) is 0 Å². The third-order valence-electron chi connectivity index (χ3n) is 3.03. The SMILES string of the molecule is C/C=C(\C(=NC)c1cc2c(s1)C(=O)NCCS2=O)C(F)(F)F. The van der Waals surface area contributed by atoms with Gasteiger partial charge in [-0.2, -0.15) is 13.2 Å². The summed E-state index contributed by atoms with van der Waals surface area (Å²) in [6.45, 7) is 1.55. The van der Waals surface area contributed by atoms with Crippen LogP contribution in [0.15, 0.2) is 27.6 Å². The zero-order chi connectivity index (χ0) is 16.5. The van der Waals surface area contributed by atoms with Crippen LogP contribution in [-0.4, -0.2) is 41.3 Å². The average Bonchev–Trinajstić information content (AvgIpc) is 2.82. The van der Waals surface area contributed by atoms with Crippen LogP contribution in [0.3, 0.4) is 0 Å². The lowest BCUT2D eigenvalue weighted by Crippen LogP contribution is -2.23. The Balaban J connectivity index is 2.54. The Hall–Kier alpha value is -1.48. The van der Waals surface area contributed by atoms with Crippen molar-refractivity contribution in [1.82, 2.24) is 5.32 Å². The maximum absolute atomic E-state index is 13.1. The minimum atomic E-state index is -4.55. The molecular formula is C13H13F3N2O2S2. The highest BCUT2D eigenvalue weighted by molar-refractivity contribution is 7.85. The third kappa shape index (κ3) is 3.14. The Morgan fingerprint density at radius 1 is 1.50 bits per heavy atom. The monoisotopic (exact) mass is 350 g/mol. The van der Waals surface area contributed by atoms with Gasteiger partial charge in [0, 0.05) is 19.3 Å². The van der Waals surface area contributed by atoms with Crippen molar-refractivity contribution in [3.8, 4) is 0 Å². The van der Waals surface area contributed by atoms with Crippen LogP contribution >= 0.6 is 11.3 Å². The number of fused-ring (bicyclic) bond motifs is 1. The number of nitrogens with zero attached hydrogens (tertiary/aromatic N) is 1. The van der Waals surface area contributed by atoms with E-state index in [-0.39, 0.29) is 32.7 Å². The fourth-order valence-electron chi connectivity index (χ4n) is 2.06. The van der Waals surface area contributed by atoms with Crippen LogP contribution in [0.4, 0.5) is 13.2 Å². The van der Waals surface area contributed by atoms with E-state index in [1.165, 1.54) is 20.0 Å². The van der Waals surface area contributed by atoms with E-state index in [0.29, 0.717) is 0 Å². The molecule has 0 aromatic carbocycles. The third-order valence-corrected chi connectivity index (χ3v) is 5.69. The molecule has 1 aliphatic heterocycles. The van der Waals surface area contributed by atoms with Crippen molar-refractivity contribution in [2.24, 2.45) is 4.99 Å². The van der Waals surface area contributed by atoms with Gasteiger partial charge in [0.15, 0.2) is 0 Å². The van der Waals surface area contributed by atoms with Crippen LogP contribution in [0.2, 0.25) is 0 Å². The molecule has 22 heavy (non-hydrogen) atoms. The number of halogens is 3. The summed E-state index contributed by atoms with van der Waals surface area (Å²) in [4.78, 5) is 16.3. The van der Waals surface area contributed by atoms with Crippen molar-refractivity contribution < 1.29 is 22.2 Å². The molecule has 1 aliphatic rings. The standard InChI is InChI=1S/C13H13F3N2O2S2/c1-3-7(13(14,15)16)10(17-2)8-6-9-11(21-8)12(19)18-4-5-22(9)20/h3,6H,4-5H2,1-2H3,(H,18,19)/b7-3+,17-10?. The summed E-state index contributed by atoms with van der Waals surface area (Å²) in [6, 6.07) is 1.37. The van der Waals surface area contributed by atoms with Gasteiger partial charge in [-0.15, -0.1) is 11.3 Å². The highest BCUT2D eigenvalue weighted by Gasteiger charge is 2.38. The normalized spacial score (nSPS) is 20.4. The number of allylic oxidation sites excluding steroid dienone is 2. The maximum Gasteiger partial charge on any atom is 0.418 e. The number of hydrogen-bond donors (Lipinski definition) is 1. The molecule has 1 N–H and O–H groups in total. The van der Waals surface area contributed by atoms with Crippen LogP contribution < -0.4 is 5.32 Å². The maximum atomic E-state index is 13.1. The summed E-state index contributed by atoms with van der Waals surface area (Å²) >= 11 is 0.876. The highest BCUT2D eigenvalue weighted by Crippen LogP contribution is 2.34. The number of nitrogens with one attached hydrogen (secondary N) is 1. The molecule has 0 spiro atoms. The zero-order valence-corrected chi connectivity index (χ0v) is 13.4. The second kappa shape index (κ2) is 6.33. The fraction of sp³-hybridized carbons (Fsp3) is 0.385. The first-order valence-electron chi connectivity index (χ1n) is 6.31. The average molecular weight is 350 g/mol. The van der Waals surface area contributed by atoms with E-state index in [2.05, 4.69) is 10.3 Å². The van der Waals surface area contributed by atoms with Gasteiger partial charge >= 0.3 is 6.18 Å². The van der Waals surface area contributed by atoms with E-state index in [1.54, 1.807) is 0 Å². The van der Waals surface area contributed by atoms with Gasteiger partial charge in [0.2, 0.25) is 0 Å². The highest BCUT2D eigenvalue weighted by atomic mass is 32.2. The van der Waals surface area contributed by atoms with Gasteiger partial charge in [-0.3, -0.25) is 14.0 Å². The smallest absolute Gasteiger partial charge is 0.350 e. The molecule has 1 atom stereocenters. The number of thiophene rings is 1. The summed E-state index contributed by atoms with van der Waals surface area (Å²) in [5.41, 5.74) is -1.13. The van der Waals surface area contributed by atoms with Crippen molar-refractivity contribution in [2.45, 2.75) is 18.0 Å². The van der Waals surface area contributed by atoms with Gasteiger partial charge < -0.3 is 5.32 Å². The molecule has 2 rings (SSSR count). The van der Waals surface area contributed by atoms with Crippen LogP contribution in [0.1, 0.15) is 21.5 Å². The molecule has 0 saturated heterocycles. The summed E-state index contributed by atoms with van der Waals surface area (Å²) in [6.07, 6.45) is -3.61. The summed E-state index contributed by atoms with van der Waals surface area (Å²) < 4.78 is 51.2. The quantitative estimate of drug-likeness (QED) is 0.834.